The molecule has 10 heteroatoms. The quantitative estimate of drug-likeness (QED) is 0.506. The summed E-state index contributed by atoms with van der Waals surface area (Å²) in [5, 5.41) is 12.2. The first-order valence-corrected chi connectivity index (χ1v) is 10.5. The van der Waals surface area contributed by atoms with E-state index in [0.717, 1.165) is 26.0 Å². The van der Waals surface area contributed by atoms with Gasteiger partial charge in [-0.15, -0.1) is 32.9 Å². The molecule has 0 saturated heterocycles. The Labute approximate surface area is 160 Å². The molecule has 0 atom stereocenters. The Hall–Kier alpha value is -2.04. The second-order valence-electron chi connectivity index (χ2n) is 5.76. The summed E-state index contributed by atoms with van der Waals surface area (Å²) in [6.07, 6.45) is 0.521. The lowest BCUT2D eigenvalue weighted by atomic mass is 10.2. The summed E-state index contributed by atoms with van der Waals surface area (Å²) in [4.78, 5) is 26.0. The molecule has 134 valence electrons. The zero-order chi connectivity index (χ0) is 18.3. The molecule has 0 aliphatic rings. The first-order chi connectivity index (χ1) is 12.5. The van der Waals surface area contributed by atoms with Crippen LogP contribution in [0.4, 0.5) is 0 Å². The van der Waals surface area contributed by atoms with Crippen molar-refractivity contribution in [2.75, 3.05) is 0 Å². The SMILES string of the molecule is Cc1nc(Cc2nnc(SCc3nc4sc(C)c(C)c4c(=O)[nH]3)o2)cs1. The van der Waals surface area contributed by atoms with Crippen LogP contribution in [-0.2, 0) is 12.2 Å². The topological polar surface area (TPSA) is 97.6 Å². The molecule has 0 bridgehead atoms. The zero-order valence-electron chi connectivity index (χ0n) is 14.3. The number of hydrogen-bond acceptors (Lipinski definition) is 9. The maximum absolute atomic E-state index is 12.3. The van der Waals surface area contributed by atoms with E-state index in [2.05, 4.69) is 25.1 Å². The number of thiazole rings is 1. The van der Waals surface area contributed by atoms with Gasteiger partial charge in [0.15, 0.2) is 0 Å². The predicted octanol–water partition coefficient (Wildman–Crippen LogP) is 3.63. The van der Waals surface area contributed by atoms with Crippen LogP contribution < -0.4 is 5.56 Å². The Morgan fingerprint density at radius 3 is 2.85 bits per heavy atom. The molecule has 4 rings (SSSR count). The Morgan fingerprint density at radius 1 is 1.23 bits per heavy atom. The number of rotatable bonds is 5. The van der Waals surface area contributed by atoms with Gasteiger partial charge < -0.3 is 9.40 Å². The Balaban J connectivity index is 1.47. The highest BCUT2D eigenvalue weighted by Gasteiger charge is 2.14. The van der Waals surface area contributed by atoms with Crippen LogP contribution in [-0.4, -0.2) is 25.1 Å². The molecule has 0 saturated carbocycles. The number of hydrogen-bond donors (Lipinski definition) is 1. The molecule has 4 heterocycles. The normalized spacial score (nSPS) is 11.5. The van der Waals surface area contributed by atoms with Crippen molar-refractivity contribution in [3.8, 4) is 0 Å². The van der Waals surface area contributed by atoms with E-state index < -0.39 is 0 Å². The van der Waals surface area contributed by atoms with Gasteiger partial charge in [-0.25, -0.2) is 9.97 Å². The van der Waals surface area contributed by atoms with Crippen molar-refractivity contribution in [3.63, 3.8) is 0 Å². The summed E-state index contributed by atoms with van der Waals surface area (Å²) < 4.78 is 5.65. The number of thiophene rings is 1. The average Bonchev–Trinajstić information content (AvgIpc) is 3.27. The van der Waals surface area contributed by atoms with Crippen LogP contribution in [0, 0.1) is 20.8 Å². The highest BCUT2D eigenvalue weighted by molar-refractivity contribution is 7.98. The molecule has 0 aromatic carbocycles. The van der Waals surface area contributed by atoms with Gasteiger partial charge in [0.1, 0.15) is 10.7 Å². The number of aromatic nitrogens is 5. The largest absolute Gasteiger partial charge is 0.416 e. The van der Waals surface area contributed by atoms with Gasteiger partial charge in [-0.2, -0.15) is 0 Å². The number of nitrogens with zero attached hydrogens (tertiary/aromatic N) is 4. The summed E-state index contributed by atoms with van der Waals surface area (Å²) in [6, 6.07) is 0. The lowest BCUT2D eigenvalue weighted by Gasteiger charge is -1.98. The van der Waals surface area contributed by atoms with E-state index in [-0.39, 0.29) is 5.56 Å². The highest BCUT2D eigenvalue weighted by Crippen LogP contribution is 2.27. The average molecular weight is 406 g/mol. The van der Waals surface area contributed by atoms with E-state index in [1.807, 2.05) is 26.2 Å². The van der Waals surface area contributed by atoms with Crippen molar-refractivity contribution < 1.29 is 4.42 Å². The van der Waals surface area contributed by atoms with Gasteiger partial charge in [-0.3, -0.25) is 4.79 Å². The third-order valence-corrected chi connectivity index (χ3v) is 6.62. The molecule has 0 amide bonds. The molecule has 0 aliphatic carbocycles. The van der Waals surface area contributed by atoms with Crippen LogP contribution in [0.3, 0.4) is 0 Å². The zero-order valence-corrected chi connectivity index (χ0v) is 16.8. The summed E-state index contributed by atoms with van der Waals surface area (Å²) in [6.45, 7) is 5.91. The predicted molar refractivity (Wildman–Crippen MR) is 103 cm³/mol. The van der Waals surface area contributed by atoms with E-state index in [1.165, 1.54) is 23.1 Å². The second-order valence-corrected chi connectivity index (χ2v) is 8.95. The fraction of sp³-hybridized carbons (Fsp3) is 0.312. The third-order valence-electron chi connectivity index (χ3n) is 3.87. The van der Waals surface area contributed by atoms with Crippen molar-refractivity contribution in [1.82, 2.24) is 25.1 Å². The molecule has 1 N–H and O–H groups in total. The maximum atomic E-state index is 12.3. The van der Waals surface area contributed by atoms with Gasteiger partial charge in [0.05, 0.1) is 28.3 Å². The van der Waals surface area contributed by atoms with Crippen LogP contribution >= 0.6 is 34.4 Å². The van der Waals surface area contributed by atoms with Gasteiger partial charge in [-0.1, -0.05) is 11.8 Å². The van der Waals surface area contributed by atoms with Gasteiger partial charge >= 0.3 is 0 Å². The number of aryl methyl sites for hydroxylation is 3. The lowest BCUT2D eigenvalue weighted by molar-refractivity contribution is 0.419. The number of fused-ring (bicyclic) bond motifs is 1. The molecule has 0 unspecified atom stereocenters. The van der Waals surface area contributed by atoms with Gasteiger partial charge in [0, 0.05) is 10.3 Å². The molecule has 0 radical (unpaired) electrons. The lowest BCUT2D eigenvalue weighted by Crippen LogP contribution is -2.10. The minimum absolute atomic E-state index is 0.0995. The molecule has 0 fully saturated rings. The molecule has 4 aromatic rings. The van der Waals surface area contributed by atoms with E-state index in [0.29, 0.717) is 34.5 Å². The third kappa shape index (κ3) is 3.44. The second kappa shape index (κ2) is 6.93. The first kappa shape index (κ1) is 17.4. The van der Waals surface area contributed by atoms with E-state index in [4.69, 9.17) is 4.42 Å². The molecule has 26 heavy (non-hydrogen) atoms. The molecule has 7 nitrogen and oxygen atoms in total. The number of thioether (sulfide) groups is 1. The van der Waals surface area contributed by atoms with Crippen molar-refractivity contribution in [2.45, 2.75) is 38.2 Å². The smallest absolute Gasteiger partial charge is 0.277 e. The first-order valence-electron chi connectivity index (χ1n) is 7.84. The van der Waals surface area contributed by atoms with E-state index >= 15 is 0 Å². The van der Waals surface area contributed by atoms with Crippen LogP contribution in [0.1, 0.15) is 32.9 Å². The molecular weight excluding hydrogens is 390 g/mol. The van der Waals surface area contributed by atoms with Crippen LogP contribution in [0.5, 0.6) is 0 Å². The van der Waals surface area contributed by atoms with Crippen molar-refractivity contribution in [3.05, 3.63) is 48.6 Å². The van der Waals surface area contributed by atoms with Gasteiger partial charge in [0.25, 0.3) is 10.8 Å². The molecular formula is C16H15N5O2S3. The van der Waals surface area contributed by atoms with Crippen molar-refractivity contribution in [1.29, 1.82) is 0 Å². The molecule has 0 spiro atoms. The molecule has 4 aromatic heterocycles. The fourth-order valence-corrected chi connectivity index (χ4v) is 4.82. The van der Waals surface area contributed by atoms with Crippen LogP contribution in [0.2, 0.25) is 0 Å². The van der Waals surface area contributed by atoms with Crippen molar-refractivity contribution >= 4 is 44.7 Å². The van der Waals surface area contributed by atoms with Crippen LogP contribution in [0.25, 0.3) is 10.2 Å². The highest BCUT2D eigenvalue weighted by atomic mass is 32.2. The molecule has 0 aliphatic heterocycles. The number of aromatic amines is 1. The summed E-state index contributed by atoms with van der Waals surface area (Å²) in [5.41, 5.74) is 1.82. The minimum Gasteiger partial charge on any atom is -0.416 e. The van der Waals surface area contributed by atoms with Crippen molar-refractivity contribution in [2.24, 2.45) is 0 Å². The Morgan fingerprint density at radius 2 is 2.08 bits per heavy atom. The Bertz CT molecular complexity index is 1140. The monoisotopic (exact) mass is 405 g/mol. The minimum atomic E-state index is -0.0995. The number of nitrogens with one attached hydrogen (secondary N) is 1. The maximum Gasteiger partial charge on any atom is 0.277 e. The van der Waals surface area contributed by atoms with E-state index in [9.17, 15) is 4.79 Å². The summed E-state index contributed by atoms with van der Waals surface area (Å²) >= 11 is 4.49. The van der Waals surface area contributed by atoms with Gasteiger partial charge in [0.2, 0.25) is 5.89 Å². The standard InChI is InChI=1S/C16H15N5O2S3/c1-7-8(2)26-15-13(7)14(22)18-11(19-15)6-25-16-21-20-12(23-16)4-10-5-24-9(3)17-10/h5H,4,6H2,1-3H3,(H,18,19,22). The number of H-pyrrole nitrogens is 1. The fourth-order valence-electron chi connectivity index (χ4n) is 2.51. The summed E-state index contributed by atoms with van der Waals surface area (Å²) in [5.74, 6) is 1.58. The van der Waals surface area contributed by atoms with Crippen LogP contribution in [0.15, 0.2) is 19.8 Å². The summed E-state index contributed by atoms with van der Waals surface area (Å²) in [7, 11) is 0. The van der Waals surface area contributed by atoms with E-state index in [1.54, 1.807) is 11.3 Å². The Kier molecular flexibility index (Phi) is 4.63. The van der Waals surface area contributed by atoms with Gasteiger partial charge in [-0.05, 0) is 26.3 Å².